The molecule has 0 rings (SSSR count). The number of nitriles is 1. The van der Waals surface area contributed by atoms with Crippen LogP contribution in [0.5, 0.6) is 0 Å². The van der Waals surface area contributed by atoms with Crippen LogP contribution in [-0.2, 0) is 4.74 Å². The van der Waals surface area contributed by atoms with E-state index in [4.69, 9.17) is 10.00 Å². The lowest BCUT2D eigenvalue weighted by Gasteiger charge is -2.22. The van der Waals surface area contributed by atoms with E-state index in [1.165, 1.54) is 0 Å². The molecule has 0 aliphatic heterocycles. The van der Waals surface area contributed by atoms with Gasteiger partial charge >= 0.3 is 0 Å². The number of nitrogens with one attached hydrogen (secondary N) is 1. The molecule has 0 radical (unpaired) electrons. The van der Waals surface area contributed by atoms with Crippen LogP contribution in [0.25, 0.3) is 0 Å². The molecule has 82 valence electrons. The monoisotopic (exact) mass is 206 g/mol. The number of hydrogen-bond donors (Lipinski definition) is 1. The van der Waals surface area contributed by atoms with Gasteiger partial charge in [-0.05, 0) is 13.5 Å². The molecule has 1 unspecified atom stereocenters. The molecule has 0 amide bonds. The van der Waals surface area contributed by atoms with Crippen molar-refractivity contribution in [2.75, 3.05) is 19.8 Å². The van der Waals surface area contributed by atoms with E-state index < -0.39 is 18.6 Å². The number of halogens is 2. The highest BCUT2D eigenvalue weighted by atomic mass is 19.3. The summed E-state index contributed by atoms with van der Waals surface area (Å²) in [5.74, 6) is 0. The first kappa shape index (κ1) is 13.3. The fourth-order valence-electron chi connectivity index (χ4n) is 1.02. The minimum absolute atomic E-state index is 0.168. The Labute approximate surface area is 83.0 Å². The third-order valence-corrected chi connectivity index (χ3v) is 1.80. The molecule has 3 nitrogen and oxygen atoms in total. The first-order chi connectivity index (χ1) is 6.54. The quantitative estimate of drug-likeness (QED) is 0.643. The zero-order valence-electron chi connectivity index (χ0n) is 8.52. The van der Waals surface area contributed by atoms with Gasteiger partial charge in [0.25, 0.3) is 6.43 Å². The van der Waals surface area contributed by atoms with Crippen molar-refractivity contribution in [2.45, 2.75) is 32.2 Å². The molecule has 14 heavy (non-hydrogen) atoms. The maximum Gasteiger partial charge on any atom is 0.261 e. The van der Waals surface area contributed by atoms with Gasteiger partial charge in [0.15, 0.2) is 0 Å². The number of hydrogen-bond acceptors (Lipinski definition) is 3. The molecular weight excluding hydrogens is 190 g/mol. The van der Waals surface area contributed by atoms with Crippen molar-refractivity contribution in [1.82, 2.24) is 5.32 Å². The van der Waals surface area contributed by atoms with Crippen LogP contribution in [0.1, 0.15) is 20.3 Å². The van der Waals surface area contributed by atoms with E-state index in [2.05, 4.69) is 11.4 Å². The zero-order chi connectivity index (χ0) is 11.0. The Hall–Kier alpha value is -0.730. The summed E-state index contributed by atoms with van der Waals surface area (Å²) in [6.45, 7) is 3.88. The van der Waals surface area contributed by atoms with Crippen molar-refractivity contribution in [3.8, 4) is 6.07 Å². The first-order valence-electron chi connectivity index (χ1n) is 4.56. The smallest absolute Gasteiger partial charge is 0.261 e. The van der Waals surface area contributed by atoms with Gasteiger partial charge in [-0.1, -0.05) is 6.92 Å². The summed E-state index contributed by atoms with van der Waals surface area (Å²) in [5.41, 5.74) is -0.684. The van der Waals surface area contributed by atoms with Crippen LogP contribution in [-0.4, -0.2) is 31.7 Å². The molecule has 0 aromatic carbocycles. The van der Waals surface area contributed by atoms with Crippen LogP contribution in [0.3, 0.4) is 0 Å². The van der Waals surface area contributed by atoms with Gasteiger partial charge in [-0.15, -0.1) is 0 Å². The molecule has 0 aromatic heterocycles. The van der Waals surface area contributed by atoms with E-state index in [0.29, 0.717) is 13.0 Å². The minimum Gasteiger partial charge on any atom is -0.375 e. The maximum atomic E-state index is 11.7. The molecule has 5 heteroatoms. The molecule has 0 spiro atoms. The number of ether oxygens (including phenoxy) is 1. The summed E-state index contributed by atoms with van der Waals surface area (Å²) in [4.78, 5) is 0. The average molecular weight is 206 g/mol. The van der Waals surface area contributed by atoms with Crippen molar-refractivity contribution in [1.29, 1.82) is 5.26 Å². The van der Waals surface area contributed by atoms with E-state index in [-0.39, 0.29) is 6.61 Å². The zero-order valence-corrected chi connectivity index (χ0v) is 8.52. The van der Waals surface area contributed by atoms with Crippen LogP contribution in [0.2, 0.25) is 0 Å². The molecule has 0 aromatic rings. The van der Waals surface area contributed by atoms with Crippen molar-refractivity contribution in [2.24, 2.45) is 0 Å². The lowest BCUT2D eigenvalue weighted by molar-refractivity contribution is 0.0127. The van der Waals surface area contributed by atoms with Gasteiger partial charge in [0, 0.05) is 13.0 Å². The lowest BCUT2D eigenvalue weighted by atomic mass is 10.0. The summed E-state index contributed by atoms with van der Waals surface area (Å²) in [7, 11) is 0. The highest BCUT2D eigenvalue weighted by Gasteiger charge is 2.21. The molecular formula is C9H16F2N2O. The van der Waals surface area contributed by atoms with E-state index in [0.717, 1.165) is 0 Å². The molecule has 1 N–H and O–H groups in total. The largest absolute Gasteiger partial charge is 0.375 e. The Morgan fingerprint density at radius 1 is 1.57 bits per heavy atom. The van der Waals surface area contributed by atoms with Crippen LogP contribution in [0.4, 0.5) is 8.78 Å². The van der Waals surface area contributed by atoms with Crippen molar-refractivity contribution >= 4 is 0 Å². The summed E-state index contributed by atoms with van der Waals surface area (Å²) in [6.07, 6.45) is -2.04. The summed E-state index contributed by atoms with van der Waals surface area (Å²) >= 11 is 0. The van der Waals surface area contributed by atoms with Gasteiger partial charge in [-0.2, -0.15) is 5.26 Å². The molecule has 0 aliphatic carbocycles. The van der Waals surface area contributed by atoms with Gasteiger partial charge in [-0.25, -0.2) is 8.78 Å². The van der Waals surface area contributed by atoms with E-state index in [1.807, 2.05) is 6.92 Å². The number of rotatable bonds is 7. The molecule has 0 heterocycles. The van der Waals surface area contributed by atoms with Crippen LogP contribution < -0.4 is 5.32 Å². The second-order valence-corrected chi connectivity index (χ2v) is 3.19. The van der Waals surface area contributed by atoms with E-state index in [1.54, 1.807) is 6.92 Å². The summed E-state index contributed by atoms with van der Waals surface area (Å²) in [6, 6.07) is 2.09. The number of alkyl halides is 2. The molecule has 0 bridgehead atoms. The average Bonchev–Trinajstić information content (AvgIpc) is 2.13. The molecule has 0 saturated carbocycles. The Kier molecular flexibility index (Phi) is 6.34. The lowest BCUT2D eigenvalue weighted by Crippen LogP contribution is -2.41. The second kappa shape index (κ2) is 6.68. The van der Waals surface area contributed by atoms with Gasteiger partial charge in [0.2, 0.25) is 0 Å². The maximum absolute atomic E-state index is 11.7. The van der Waals surface area contributed by atoms with Gasteiger partial charge in [0.1, 0.15) is 12.1 Å². The van der Waals surface area contributed by atoms with E-state index in [9.17, 15) is 8.78 Å². The third kappa shape index (κ3) is 5.84. The fourth-order valence-corrected chi connectivity index (χ4v) is 1.02. The highest BCUT2D eigenvalue weighted by molar-refractivity contribution is 5.03. The summed E-state index contributed by atoms with van der Waals surface area (Å²) < 4.78 is 28.1. The van der Waals surface area contributed by atoms with Gasteiger partial charge in [0.05, 0.1) is 6.07 Å². The topological polar surface area (TPSA) is 45.0 Å². The Bertz CT molecular complexity index is 194. The predicted molar refractivity (Wildman–Crippen MR) is 49.1 cm³/mol. The van der Waals surface area contributed by atoms with Crippen molar-refractivity contribution in [3.63, 3.8) is 0 Å². The van der Waals surface area contributed by atoms with Crippen LogP contribution in [0.15, 0.2) is 0 Å². The van der Waals surface area contributed by atoms with Crippen LogP contribution >= 0.6 is 0 Å². The Balaban J connectivity index is 3.69. The first-order valence-corrected chi connectivity index (χ1v) is 4.56. The fraction of sp³-hybridized carbons (Fsp3) is 0.889. The molecule has 0 saturated heterocycles. The highest BCUT2D eigenvalue weighted by Crippen LogP contribution is 2.08. The minimum atomic E-state index is -2.44. The molecule has 1 atom stereocenters. The standard InChI is InChI=1S/C9H16F2N2O/c1-3-13-9(2,7-12)4-5-14-6-8(10)11/h8,13H,3-6H2,1-2H3. The molecule has 0 aliphatic rings. The Morgan fingerprint density at radius 2 is 2.21 bits per heavy atom. The van der Waals surface area contributed by atoms with Crippen molar-refractivity contribution in [3.05, 3.63) is 0 Å². The third-order valence-electron chi connectivity index (χ3n) is 1.80. The second-order valence-electron chi connectivity index (χ2n) is 3.19. The van der Waals surface area contributed by atoms with Gasteiger partial charge in [-0.3, -0.25) is 5.32 Å². The normalized spacial score (nSPS) is 15.1. The number of nitrogens with zero attached hydrogens (tertiary/aromatic N) is 1. The Morgan fingerprint density at radius 3 is 2.64 bits per heavy atom. The molecule has 0 fully saturated rings. The SMILES string of the molecule is CCNC(C)(C#N)CCOCC(F)F. The van der Waals surface area contributed by atoms with E-state index >= 15 is 0 Å². The van der Waals surface area contributed by atoms with Gasteiger partial charge < -0.3 is 4.74 Å². The summed E-state index contributed by atoms with van der Waals surface area (Å²) in [5, 5.41) is 11.8. The van der Waals surface area contributed by atoms with Crippen molar-refractivity contribution < 1.29 is 13.5 Å². The predicted octanol–water partition coefficient (Wildman–Crippen LogP) is 1.55. The van der Waals surface area contributed by atoms with Crippen LogP contribution in [0, 0.1) is 11.3 Å².